The molecule has 3 atom stereocenters. The van der Waals surface area contributed by atoms with Crippen molar-refractivity contribution in [2.75, 3.05) is 13.1 Å². The van der Waals surface area contributed by atoms with Crippen LogP contribution in [0, 0.1) is 11.8 Å². The Morgan fingerprint density at radius 3 is 2.81 bits per heavy atom. The van der Waals surface area contributed by atoms with Gasteiger partial charge in [0.05, 0.1) is 0 Å². The van der Waals surface area contributed by atoms with Gasteiger partial charge in [0.25, 0.3) is 0 Å². The van der Waals surface area contributed by atoms with E-state index in [0.717, 1.165) is 31.7 Å². The van der Waals surface area contributed by atoms with Gasteiger partial charge in [0.1, 0.15) is 0 Å². The van der Waals surface area contributed by atoms with Crippen LogP contribution in [0.1, 0.15) is 45.4 Å². The van der Waals surface area contributed by atoms with Crippen LogP contribution in [0.15, 0.2) is 0 Å². The molecular weight excluding hydrogens is 200 g/mol. The fourth-order valence-electron chi connectivity index (χ4n) is 3.28. The van der Waals surface area contributed by atoms with E-state index >= 15 is 0 Å². The van der Waals surface area contributed by atoms with E-state index in [1.807, 2.05) is 4.90 Å². The second-order valence-corrected chi connectivity index (χ2v) is 5.61. The van der Waals surface area contributed by atoms with Gasteiger partial charge in [0.2, 0.25) is 5.91 Å². The Bertz CT molecular complexity index is 254. The van der Waals surface area contributed by atoms with Gasteiger partial charge in [-0.1, -0.05) is 13.3 Å². The fourth-order valence-corrected chi connectivity index (χ4v) is 3.28. The highest BCUT2D eigenvalue weighted by molar-refractivity contribution is 5.77. The minimum absolute atomic E-state index is 0.325. The lowest BCUT2D eigenvalue weighted by atomic mass is 10.0. The number of nitrogens with zero attached hydrogens (tertiary/aromatic N) is 1. The van der Waals surface area contributed by atoms with Crippen molar-refractivity contribution in [2.24, 2.45) is 17.6 Å². The molecule has 1 saturated heterocycles. The summed E-state index contributed by atoms with van der Waals surface area (Å²) in [6.45, 7) is 3.86. The number of nitrogens with two attached hydrogens (primary N) is 1. The van der Waals surface area contributed by atoms with E-state index in [-0.39, 0.29) is 0 Å². The van der Waals surface area contributed by atoms with Gasteiger partial charge in [-0.25, -0.2) is 0 Å². The van der Waals surface area contributed by atoms with Crippen LogP contribution < -0.4 is 5.73 Å². The van der Waals surface area contributed by atoms with Crippen molar-refractivity contribution in [1.82, 2.24) is 4.90 Å². The Morgan fingerprint density at radius 2 is 2.19 bits per heavy atom. The van der Waals surface area contributed by atoms with Crippen LogP contribution in [-0.2, 0) is 4.79 Å². The minimum atomic E-state index is 0.325. The molecule has 0 aromatic carbocycles. The van der Waals surface area contributed by atoms with Crippen molar-refractivity contribution in [2.45, 2.75) is 51.5 Å². The molecule has 16 heavy (non-hydrogen) atoms. The van der Waals surface area contributed by atoms with Crippen molar-refractivity contribution in [3.05, 3.63) is 0 Å². The molecule has 0 aromatic heterocycles. The predicted octanol–water partition coefficient (Wildman–Crippen LogP) is 1.76. The number of hydrogen-bond donors (Lipinski definition) is 1. The summed E-state index contributed by atoms with van der Waals surface area (Å²) < 4.78 is 0. The maximum absolute atomic E-state index is 12.1. The molecule has 2 rings (SSSR count). The van der Waals surface area contributed by atoms with Crippen molar-refractivity contribution in [3.63, 3.8) is 0 Å². The molecule has 0 aromatic rings. The zero-order valence-electron chi connectivity index (χ0n) is 10.3. The van der Waals surface area contributed by atoms with Crippen LogP contribution in [-0.4, -0.2) is 29.9 Å². The Labute approximate surface area is 98.4 Å². The molecule has 3 unspecified atom stereocenters. The third-order valence-electron chi connectivity index (χ3n) is 4.24. The number of carbonyl (C=O) groups excluding carboxylic acids is 1. The third kappa shape index (κ3) is 2.57. The van der Waals surface area contributed by atoms with Crippen molar-refractivity contribution >= 4 is 5.91 Å². The number of likely N-dealkylation sites (tertiary alicyclic amines) is 1. The van der Waals surface area contributed by atoms with E-state index in [1.54, 1.807) is 0 Å². The molecule has 2 fully saturated rings. The molecule has 1 heterocycles. The van der Waals surface area contributed by atoms with Crippen molar-refractivity contribution in [1.29, 1.82) is 0 Å². The molecule has 3 nitrogen and oxygen atoms in total. The van der Waals surface area contributed by atoms with Gasteiger partial charge >= 0.3 is 0 Å². The summed E-state index contributed by atoms with van der Waals surface area (Å²) in [6.07, 6.45) is 6.79. The summed E-state index contributed by atoms with van der Waals surface area (Å²) in [5.74, 6) is 1.82. The normalized spacial score (nSPS) is 34.6. The highest BCUT2D eigenvalue weighted by Gasteiger charge is 2.30. The molecule has 92 valence electrons. The zero-order chi connectivity index (χ0) is 11.5. The van der Waals surface area contributed by atoms with Gasteiger partial charge in [-0.05, 0) is 37.5 Å². The van der Waals surface area contributed by atoms with Gasteiger partial charge in [0.15, 0.2) is 0 Å². The molecule has 2 N–H and O–H groups in total. The fraction of sp³-hybridized carbons (Fsp3) is 0.923. The lowest BCUT2D eigenvalue weighted by Gasteiger charge is -2.24. The lowest BCUT2D eigenvalue weighted by molar-refractivity contribution is -0.132. The largest absolute Gasteiger partial charge is 0.338 e. The van der Waals surface area contributed by atoms with Gasteiger partial charge < -0.3 is 10.6 Å². The third-order valence-corrected chi connectivity index (χ3v) is 4.24. The van der Waals surface area contributed by atoms with E-state index in [9.17, 15) is 4.79 Å². The predicted molar refractivity (Wildman–Crippen MR) is 64.9 cm³/mol. The van der Waals surface area contributed by atoms with Gasteiger partial charge in [-0.3, -0.25) is 4.79 Å². The molecular formula is C13H24N2O. The van der Waals surface area contributed by atoms with E-state index < -0.39 is 0 Å². The molecule has 1 saturated carbocycles. The van der Waals surface area contributed by atoms with E-state index in [2.05, 4.69) is 6.92 Å². The zero-order valence-corrected chi connectivity index (χ0v) is 10.3. The average Bonchev–Trinajstić information content (AvgIpc) is 2.86. The monoisotopic (exact) mass is 224 g/mol. The Balaban J connectivity index is 1.83. The quantitative estimate of drug-likeness (QED) is 0.794. The maximum atomic E-state index is 12.1. The molecule has 1 aliphatic heterocycles. The SMILES string of the molecule is CC1CCC(CC(=O)N2CCCC2CN)C1. The standard InChI is InChI=1S/C13H24N2O/c1-10-4-5-11(7-10)8-13(16)15-6-2-3-12(15)9-14/h10-12H,2-9,14H2,1H3. The second-order valence-electron chi connectivity index (χ2n) is 5.61. The van der Waals surface area contributed by atoms with Crippen molar-refractivity contribution < 1.29 is 4.79 Å². The first-order valence-electron chi connectivity index (χ1n) is 6.70. The van der Waals surface area contributed by atoms with Gasteiger partial charge in [-0.15, -0.1) is 0 Å². The average molecular weight is 224 g/mol. The highest BCUT2D eigenvalue weighted by atomic mass is 16.2. The first-order chi connectivity index (χ1) is 7.70. The van der Waals surface area contributed by atoms with Crippen LogP contribution >= 0.6 is 0 Å². The summed E-state index contributed by atoms with van der Waals surface area (Å²) in [5.41, 5.74) is 5.70. The number of rotatable bonds is 3. The summed E-state index contributed by atoms with van der Waals surface area (Å²) in [7, 11) is 0. The van der Waals surface area contributed by atoms with Gasteiger partial charge in [-0.2, -0.15) is 0 Å². The Hall–Kier alpha value is -0.570. The molecule has 3 heteroatoms. The molecule has 1 aliphatic carbocycles. The van der Waals surface area contributed by atoms with E-state index in [0.29, 0.717) is 24.4 Å². The van der Waals surface area contributed by atoms with Crippen LogP contribution in [0.3, 0.4) is 0 Å². The number of carbonyl (C=O) groups is 1. The topological polar surface area (TPSA) is 46.3 Å². The molecule has 0 bridgehead atoms. The highest BCUT2D eigenvalue weighted by Crippen LogP contribution is 2.33. The van der Waals surface area contributed by atoms with Crippen LogP contribution in [0.4, 0.5) is 0 Å². The Morgan fingerprint density at radius 1 is 1.38 bits per heavy atom. The minimum Gasteiger partial charge on any atom is -0.338 e. The first-order valence-corrected chi connectivity index (χ1v) is 6.70. The maximum Gasteiger partial charge on any atom is 0.223 e. The number of hydrogen-bond acceptors (Lipinski definition) is 2. The molecule has 2 aliphatic rings. The summed E-state index contributed by atoms with van der Waals surface area (Å²) in [5, 5.41) is 0. The summed E-state index contributed by atoms with van der Waals surface area (Å²) >= 11 is 0. The second kappa shape index (κ2) is 5.17. The number of amides is 1. The van der Waals surface area contributed by atoms with Gasteiger partial charge in [0, 0.05) is 25.6 Å². The molecule has 1 amide bonds. The van der Waals surface area contributed by atoms with E-state index in [4.69, 9.17) is 5.73 Å². The van der Waals surface area contributed by atoms with Crippen molar-refractivity contribution in [3.8, 4) is 0 Å². The van der Waals surface area contributed by atoms with Crippen LogP contribution in [0.5, 0.6) is 0 Å². The smallest absolute Gasteiger partial charge is 0.223 e. The van der Waals surface area contributed by atoms with E-state index in [1.165, 1.54) is 19.3 Å². The lowest BCUT2D eigenvalue weighted by Crippen LogP contribution is -2.40. The summed E-state index contributed by atoms with van der Waals surface area (Å²) in [4.78, 5) is 14.2. The van der Waals surface area contributed by atoms with Crippen LogP contribution in [0.25, 0.3) is 0 Å². The summed E-state index contributed by atoms with van der Waals surface area (Å²) in [6, 6.07) is 0.325. The Kier molecular flexibility index (Phi) is 3.85. The van der Waals surface area contributed by atoms with Crippen LogP contribution in [0.2, 0.25) is 0 Å². The molecule has 0 radical (unpaired) electrons. The first kappa shape index (κ1) is 11.9. The molecule has 0 spiro atoms.